The molecule has 0 N–H and O–H groups in total. The van der Waals surface area contributed by atoms with E-state index in [1.807, 2.05) is 30.0 Å². The van der Waals surface area contributed by atoms with E-state index in [9.17, 15) is 9.59 Å². The summed E-state index contributed by atoms with van der Waals surface area (Å²) < 4.78 is 5.62. The van der Waals surface area contributed by atoms with Crippen LogP contribution in [0.2, 0.25) is 0 Å². The van der Waals surface area contributed by atoms with Gasteiger partial charge in [-0.1, -0.05) is 19.1 Å². The molecule has 142 valence electrons. The van der Waals surface area contributed by atoms with Gasteiger partial charge >= 0.3 is 0 Å². The molecule has 2 heterocycles. The summed E-state index contributed by atoms with van der Waals surface area (Å²) in [5.41, 5.74) is 0.554. The molecular weight excluding hydrogens is 328 g/mol. The fourth-order valence-electron chi connectivity index (χ4n) is 4.04. The second-order valence-corrected chi connectivity index (χ2v) is 7.45. The SMILES string of the molecule is CCOc1ccccc1C(=O)N1CCCC1C(=O)N1CCCC(C)CC1. The zero-order valence-corrected chi connectivity index (χ0v) is 15.9. The van der Waals surface area contributed by atoms with E-state index in [1.165, 1.54) is 6.42 Å². The van der Waals surface area contributed by atoms with Gasteiger partial charge in [0.15, 0.2) is 0 Å². The van der Waals surface area contributed by atoms with Crippen LogP contribution in [0, 0.1) is 5.92 Å². The summed E-state index contributed by atoms with van der Waals surface area (Å²) in [4.78, 5) is 30.0. The fourth-order valence-corrected chi connectivity index (χ4v) is 4.04. The van der Waals surface area contributed by atoms with Gasteiger partial charge in [-0.3, -0.25) is 9.59 Å². The van der Waals surface area contributed by atoms with Crippen LogP contribution in [0.5, 0.6) is 5.75 Å². The van der Waals surface area contributed by atoms with Crippen LogP contribution in [0.15, 0.2) is 24.3 Å². The Hall–Kier alpha value is -2.04. The highest BCUT2D eigenvalue weighted by atomic mass is 16.5. The van der Waals surface area contributed by atoms with E-state index in [0.29, 0.717) is 30.4 Å². The molecule has 1 aromatic rings. The first kappa shape index (κ1) is 18.7. The highest BCUT2D eigenvalue weighted by Crippen LogP contribution is 2.27. The molecule has 5 heteroatoms. The number of amides is 2. The Morgan fingerprint density at radius 2 is 1.85 bits per heavy atom. The third-order valence-electron chi connectivity index (χ3n) is 5.54. The van der Waals surface area contributed by atoms with Gasteiger partial charge in [-0.2, -0.15) is 0 Å². The minimum absolute atomic E-state index is 0.0897. The number of para-hydroxylation sites is 1. The average molecular weight is 358 g/mol. The van der Waals surface area contributed by atoms with E-state index in [2.05, 4.69) is 6.92 Å². The molecule has 5 nitrogen and oxygen atoms in total. The molecule has 2 unspecified atom stereocenters. The smallest absolute Gasteiger partial charge is 0.258 e. The Morgan fingerprint density at radius 3 is 2.65 bits per heavy atom. The number of benzene rings is 1. The molecule has 2 aliphatic heterocycles. The summed E-state index contributed by atoms with van der Waals surface area (Å²) >= 11 is 0. The van der Waals surface area contributed by atoms with Gasteiger partial charge in [0.2, 0.25) is 5.91 Å². The number of carbonyl (C=O) groups excluding carboxylic acids is 2. The molecule has 0 bridgehead atoms. The van der Waals surface area contributed by atoms with Crippen LogP contribution in [0.1, 0.15) is 56.3 Å². The molecule has 26 heavy (non-hydrogen) atoms. The van der Waals surface area contributed by atoms with Crippen LogP contribution in [0.25, 0.3) is 0 Å². The Labute approximate surface area is 156 Å². The monoisotopic (exact) mass is 358 g/mol. The third kappa shape index (κ3) is 4.02. The third-order valence-corrected chi connectivity index (χ3v) is 5.54. The van der Waals surface area contributed by atoms with E-state index in [0.717, 1.165) is 38.8 Å². The van der Waals surface area contributed by atoms with Crippen molar-refractivity contribution in [3.8, 4) is 5.75 Å². The molecule has 2 atom stereocenters. The molecular formula is C21H30N2O3. The van der Waals surface area contributed by atoms with Crippen LogP contribution < -0.4 is 4.74 Å². The Balaban J connectivity index is 1.75. The topological polar surface area (TPSA) is 49.9 Å². The van der Waals surface area contributed by atoms with Crippen molar-refractivity contribution in [1.29, 1.82) is 0 Å². The summed E-state index contributed by atoms with van der Waals surface area (Å²) in [6.45, 7) is 6.94. The maximum Gasteiger partial charge on any atom is 0.258 e. The van der Waals surface area contributed by atoms with E-state index >= 15 is 0 Å². The zero-order chi connectivity index (χ0) is 18.5. The van der Waals surface area contributed by atoms with E-state index in [-0.39, 0.29) is 17.9 Å². The van der Waals surface area contributed by atoms with Gasteiger partial charge in [0, 0.05) is 19.6 Å². The normalized spacial score (nSPS) is 23.6. The van der Waals surface area contributed by atoms with Crippen LogP contribution in [-0.2, 0) is 4.79 Å². The maximum absolute atomic E-state index is 13.1. The lowest BCUT2D eigenvalue weighted by Gasteiger charge is -2.30. The maximum atomic E-state index is 13.1. The number of ether oxygens (including phenoxy) is 1. The van der Waals surface area contributed by atoms with Gasteiger partial charge in [-0.25, -0.2) is 0 Å². The van der Waals surface area contributed by atoms with Crippen molar-refractivity contribution in [2.75, 3.05) is 26.2 Å². The minimum atomic E-state index is -0.328. The van der Waals surface area contributed by atoms with E-state index in [4.69, 9.17) is 4.74 Å². The average Bonchev–Trinajstić information content (AvgIpc) is 3.04. The number of hydrogen-bond acceptors (Lipinski definition) is 3. The van der Waals surface area contributed by atoms with Gasteiger partial charge in [0.1, 0.15) is 11.8 Å². The first-order chi connectivity index (χ1) is 12.6. The predicted octanol–water partition coefficient (Wildman–Crippen LogP) is 3.34. The Kier molecular flexibility index (Phi) is 6.17. The molecule has 1 aromatic carbocycles. The predicted molar refractivity (Wildman–Crippen MR) is 101 cm³/mol. The molecule has 2 amide bonds. The highest BCUT2D eigenvalue weighted by molar-refractivity contribution is 6.00. The lowest BCUT2D eigenvalue weighted by atomic mass is 10.0. The minimum Gasteiger partial charge on any atom is -0.493 e. The van der Waals surface area contributed by atoms with Crippen LogP contribution in [0.4, 0.5) is 0 Å². The summed E-state index contributed by atoms with van der Waals surface area (Å²) in [6, 6.07) is 7.00. The summed E-state index contributed by atoms with van der Waals surface area (Å²) in [6.07, 6.45) is 4.93. The molecule has 2 fully saturated rings. The van der Waals surface area contributed by atoms with Crippen molar-refractivity contribution in [1.82, 2.24) is 9.80 Å². The van der Waals surface area contributed by atoms with Crippen LogP contribution in [-0.4, -0.2) is 53.9 Å². The van der Waals surface area contributed by atoms with Crippen LogP contribution >= 0.6 is 0 Å². The van der Waals surface area contributed by atoms with Gasteiger partial charge in [0.25, 0.3) is 5.91 Å². The van der Waals surface area contributed by atoms with Gasteiger partial charge in [0.05, 0.1) is 12.2 Å². The molecule has 0 saturated carbocycles. The van der Waals surface area contributed by atoms with Crippen molar-refractivity contribution in [2.45, 2.75) is 52.0 Å². The quantitative estimate of drug-likeness (QED) is 0.829. The Bertz CT molecular complexity index is 646. The standard InChI is InChI=1S/C21H30N2O3/c1-3-26-19-11-5-4-9-17(19)20(24)23-14-7-10-18(23)21(25)22-13-6-8-16(2)12-15-22/h4-5,9,11,16,18H,3,6-8,10,12-15H2,1-2H3. The van der Waals surface area contributed by atoms with E-state index in [1.54, 1.807) is 11.0 Å². The van der Waals surface area contributed by atoms with E-state index < -0.39 is 0 Å². The van der Waals surface area contributed by atoms with Gasteiger partial charge in [-0.15, -0.1) is 0 Å². The fraction of sp³-hybridized carbons (Fsp3) is 0.619. The number of nitrogens with zero attached hydrogens (tertiary/aromatic N) is 2. The number of likely N-dealkylation sites (tertiary alicyclic amines) is 2. The molecule has 0 aromatic heterocycles. The van der Waals surface area contributed by atoms with Crippen molar-refractivity contribution in [3.05, 3.63) is 29.8 Å². The first-order valence-electron chi connectivity index (χ1n) is 9.93. The molecule has 3 rings (SSSR count). The Morgan fingerprint density at radius 1 is 1.08 bits per heavy atom. The number of rotatable bonds is 4. The van der Waals surface area contributed by atoms with Crippen molar-refractivity contribution < 1.29 is 14.3 Å². The second-order valence-electron chi connectivity index (χ2n) is 7.45. The second kappa shape index (κ2) is 8.56. The van der Waals surface area contributed by atoms with Gasteiger partial charge in [-0.05, 0) is 57.1 Å². The lowest BCUT2D eigenvalue weighted by molar-refractivity contribution is -0.135. The summed E-state index contributed by atoms with van der Waals surface area (Å²) in [5.74, 6) is 1.31. The molecule has 0 aliphatic carbocycles. The molecule has 2 aliphatic rings. The number of carbonyl (C=O) groups is 2. The number of hydrogen-bond donors (Lipinski definition) is 0. The van der Waals surface area contributed by atoms with Crippen molar-refractivity contribution in [3.63, 3.8) is 0 Å². The van der Waals surface area contributed by atoms with Crippen molar-refractivity contribution >= 4 is 11.8 Å². The summed E-state index contributed by atoms with van der Waals surface area (Å²) in [7, 11) is 0. The molecule has 2 saturated heterocycles. The largest absolute Gasteiger partial charge is 0.493 e. The van der Waals surface area contributed by atoms with Crippen LogP contribution in [0.3, 0.4) is 0 Å². The van der Waals surface area contributed by atoms with Gasteiger partial charge < -0.3 is 14.5 Å². The zero-order valence-electron chi connectivity index (χ0n) is 15.9. The molecule has 0 spiro atoms. The molecule has 0 radical (unpaired) electrons. The highest BCUT2D eigenvalue weighted by Gasteiger charge is 2.37. The van der Waals surface area contributed by atoms with Crippen molar-refractivity contribution in [2.24, 2.45) is 5.92 Å². The summed E-state index contributed by atoms with van der Waals surface area (Å²) in [5, 5.41) is 0. The lowest BCUT2D eigenvalue weighted by Crippen LogP contribution is -2.48. The first-order valence-corrected chi connectivity index (χ1v) is 9.93.